The number of piperidine rings is 1. The zero-order chi connectivity index (χ0) is 17.6. The maximum Gasteiger partial charge on any atom is 0.410 e. The molecule has 2 rings (SSSR count). The molecule has 0 aliphatic carbocycles. The van der Waals surface area contributed by atoms with Crippen LogP contribution in [-0.4, -0.2) is 41.3 Å². The first-order chi connectivity index (χ1) is 11.4. The molecule has 6 nitrogen and oxygen atoms in total. The van der Waals surface area contributed by atoms with Crippen molar-refractivity contribution in [3.8, 4) is 11.9 Å². The first-order valence-corrected chi connectivity index (χ1v) is 8.34. The van der Waals surface area contributed by atoms with E-state index in [-0.39, 0.29) is 6.09 Å². The minimum atomic E-state index is -0.468. The molecule has 0 spiro atoms. The van der Waals surface area contributed by atoms with Gasteiger partial charge in [0.2, 0.25) is 5.88 Å². The van der Waals surface area contributed by atoms with Gasteiger partial charge in [0.1, 0.15) is 5.60 Å². The Morgan fingerprint density at radius 3 is 3.00 bits per heavy atom. The summed E-state index contributed by atoms with van der Waals surface area (Å²) in [5.41, 5.74) is 0.0682. The third kappa shape index (κ3) is 5.73. The van der Waals surface area contributed by atoms with Crippen LogP contribution in [0, 0.1) is 17.2 Å². The standard InChI is InChI=1S/C18H25N3O3/c1-18(2,3)24-17(22)21-9-4-5-14(13-21)7-10-23-16-11-15(12-19)6-8-20-16/h6,8,11,14H,4-5,7,9-10,13H2,1-3H3/t14-/m1/s1. The number of aromatic nitrogens is 1. The van der Waals surface area contributed by atoms with Crippen LogP contribution in [0.3, 0.4) is 0 Å². The Hall–Kier alpha value is -2.29. The second-order valence-electron chi connectivity index (χ2n) is 7.07. The van der Waals surface area contributed by atoms with Crippen molar-refractivity contribution in [2.75, 3.05) is 19.7 Å². The summed E-state index contributed by atoms with van der Waals surface area (Å²) in [6.45, 7) is 7.60. The van der Waals surface area contributed by atoms with Crippen molar-refractivity contribution in [3.05, 3.63) is 23.9 Å². The number of nitriles is 1. The van der Waals surface area contributed by atoms with Gasteiger partial charge in [0.25, 0.3) is 0 Å². The Labute approximate surface area is 143 Å². The molecule has 6 heteroatoms. The number of carbonyl (C=O) groups is 1. The molecule has 0 aromatic carbocycles. The van der Waals surface area contributed by atoms with Crippen LogP contribution in [0.4, 0.5) is 4.79 Å². The molecule has 1 fully saturated rings. The Morgan fingerprint density at radius 2 is 2.29 bits per heavy atom. The average molecular weight is 331 g/mol. The van der Waals surface area contributed by atoms with Crippen LogP contribution in [0.2, 0.25) is 0 Å². The molecule has 1 amide bonds. The highest BCUT2D eigenvalue weighted by Crippen LogP contribution is 2.22. The fourth-order valence-electron chi connectivity index (χ4n) is 2.68. The van der Waals surface area contributed by atoms with Crippen molar-refractivity contribution >= 4 is 6.09 Å². The minimum absolute atomic E-state index is 0.239. The Morgan fingerprint density at radius 1 is 1.50 bits per heavy atom. The number of pyridine rings is 1. The Balaban J connectivity index is 1.78. The molecule has 130 valence electrons. The number of ether oxygens (including phenoxy) is 2. The van der Waals surface area contributed by atoms with E-state index in [1.807, 2.05) is 20.8 Å². The minimum Gasteiger partial charge on any atom is -0.478 e. The Kier molecular flexibility index (Phi) is 6.02. The maximum atomic E-state index is 12.2. The lowest BCUT2D eigenvalue weighted by atomic mass is 9.95. The fourth-order valence-corrected chi connectivity index (χ4v) is 2.68. The topological polar surface area (TPSA) is 75.4 Å². The van der Waals surface area contributed by atoms with Crippen LogP contribution in [0.25, 0.3) is 0 Å². The number of hydrogen-bond donors (Lipinski definition) is 0. The molecular formula is C18H25N3O3. The van der Waals surface area contributed by atoms with Gasteiger partial charge in [0.15, 0.2) is 0 Å². The van der Waals surface area contributed by atoms with Crippen molar-refractivity contribution in [1.29, 1.82) is 5.26 Å². The molecule has 1 aliphatic rings. The molecule has 1 atom stereocenters. The summed E-state index contributed by atoms with van der Waals surface area (Å²) < 4.78 is 11.1. The predicted octanol–water partition coefficient (Wildman–Crippen LogP) is 3.37. The van der Waals surface area contributed by atoms with E-state index >= 15 is 0 Å². The largest absolute Gasteiger partial charge is 0.478 e. The lowest BCUT2D eigenvalue weighted by Gasteiger charge is -2.34. The molecule has 0 saturated carbocycles. The third-order valence-electron chi connectivity index (χ3n) is 3.81. The van der Waals surface area contributed by atoms with Gasteiger partial charge in [-0.1, -0.05) is 0 Å². The molecule has 1 aromatic heterocycles. The van der Waals surface area contributed by atoms with E-state index in [4.69, 9.17) is 14.7 Å². The second-order valence-corrected chi connectivity index (χ2v) is 7.07. The van der Waals surface area contributed by atoms with Crippen molar-refractivity contribution in [3.63, 3.8) is 0 Å². The monoisotopic (exact) mass is 331 g/mol. The van der Waals surface area contributed by atoms with Crippen LogP contribution >= 0.6 is 0 Å². The van der Waals surface area contributed by atoms with E-state index in [0.29, 0.717) is 30.5 Å². The summed E-state index contributed by atoms with van der Waals surface area (Å²) in [5.74, 6) is 0.860. The number of likely N-dealkylation sites (tertiary alicyclic amines) is 1. The molecule has 0 unspecified atom stereocenters. The van der Waals surface area contributed by atoms with Gasteiger partial charge >= 0.3 is 6.09 Å². The molecule has 0 radical (unpaired) electrons. The molecule has 0 bridgehead atoms. The fraction of sp³-hybridized carbons (Fsp3) is 0.611. The van der Waals surface area contributed by atoms with Crippen LogP contribution in [0.1, 0.15) is 45.6 Å². The summed E-state index contributed by atoms with van der Waals surface area (Å²) in [4.78, 5) is 18.0. The molecule has 1 aromatic rings. The van der Waals surface area contributed by atoms with E-state index in [0.717, 1.165) is 25.8 Å². The SMILES string of the molecule is CC(C)(C)OC(=O)N1CCC[C@H](CCOc2cc(C#N)ccn2)C1. The van der Waals surface area contributed by atoms with Gasteiger partial charge < -0.3 is 14.4 Å². The van der Waals surface area contributed by atoms with Crippen LogP contribution in [-0.2, 0) is 4.74 Å². The van der Waals surface area contributed by atoms with Gasteiger partial charge in [-0.2, -0.15) is 5.26 Å². The number of nitrogens with zero attached hydrogens (tertiary/aromatic N) is 3. The Bertz CT molecular complexity index is 604. The molecule has 2 heterocycles. The second kappa shape index (κ2) is 8.00. The van der Waals surface area contributed by atoms with Gasteiger partial charge in [-0.15, -0.1) is 0 Å². The normalized spacial score (nSPS) is 17.9. The highest BCUT2D eigenvalue weighted by Gasteiger charge is 2.27. The van der Waals surface area contributed by atoms with Crippen LogP contribution in [0.15, 0.2) is 18.3 Å². The molecule has 24 heavy (non-hydrogen) atoms. The summed E-state index contributed by atoms with van der Waals surface area (Å²) in [5, 5.41) is 8.87. The average Bonchev–Trinajstić information content (AvgIpc) is 2.54. The number of amides is 1. The van der Waals surface area contributed by atoms with Crippen LogP contribution < -0.4 is 4.74 Å². The summed E-state index contributed by atoms with van der Waals surface area (Å²) in [6, 6.07) is 5.34. The van der Waals surface area contributed by atoms with E-state index in [2.05, 4.69) is 11.1 Å². The van der Waals surface area contributed by atoms with Crippen molar-refractivity contribution in [2.45, 2.75) is 45.6 Å². The number of carbonyl (C=O) groups excluding carboxylic acids is 1. The molecule has 1 saturated heterocycles. The zero-order valence-electron chi connectivity index (χ0n) is 14.6. The third-order valence-corrected chi connectivity index (χ3v) is 3.81. The smallest absolute Gasteiger partial charge is 0.410 e. The summed E-state index contributed by atoms with van der Waals surface area (Å²) >= 11 is 0. The van der Waals surface area contributed by atoms with E-state index in [1.54, 1.807) is 23.2 Å². The molecule has 0 N–H and O–H groups in total. The quantitative estimate of drug-likeness (QED) is 0.845. The lowest BCUT2D eigenvalue weighted by Crippen LogP contribution is -2.43. The van der Waals surface area contributed by atoms with E-state index in [1.165, 1.54) is 0 Å². The lowest BCUT2D eigenvalue weighted by molar-refractivity contribution is 0.0154. The van der Waals surface area contributed by atoms with Gasteiger partial charge in [0, 0.05) is 25.4 Å². The summed E-state index contributed by atoms with van der Waals surface area (Å²) in [6.07, 6.45) is 4.23. The molecule has 1 aliphatic heterocycles. The van der Waals surface area contributed by atoms with E-state index in [9.17, 15) is 4.79 Å². The first-order valence-electron chi connectivity index (χ1n) is 8.34. The van der Waals surface area contributed by atoms with Gasteiger partial charge in [-0.3, -0.25) is 0 Å². The van der Waals surface area contributed by atoms with Gasteiger partial charge in [-0.25, -0.2) is 9.78 Å². The molecular weight excluding hydrogens is 306 g/mol. The van der Waals surface area contributed by atoms with Crippen molar-refractivity contribution in [2.24, 2.45) is 5.92 Å². The van der Waals surface area contributed by atoms with Crippen LogP contribution in [0.5, 0.6) is 5.88 Å². The van der Waals surface area contributed by atoms with Crippen molar-refractivity contribution in [1.82, 2.24) is 9.88 Å². The highest BCUT2D eigenvalue weighted by molar-refractivity contribution is 5.68. The highest BCUT2D eigenvalue weighted by atomic mass is 16.6. The van der Waals surface area contributed by atoms with Crippen molar-refractivity contribution < 1.29 is 14.3 Å². The van der Waals surface area contributed by atoms with Gasteiger partial charge in [-0.05, 0) is 52.0 Å². The first kappa shape index (κ1) is 18.1. The maximum absolute atomic E-state index is 12.2. The number of rotatable bonds is 4. The van der Waals surface area contributed by atoms with Gasteiger partial charge in [0.05, 0.1) is 18.2 Å². The number of hydrogen-bond acceptors (Lipinski definition) is 5. The predicted molar refractivity (Wildman–Crippen MR) is 89.6 cm³/mol. The summed E-state index contributed by atoms with van der Waals surface area (Å²) in [7, 11) is 0. The van der Waals surface area contributed by atoms with E-state index < -0.39 is 5.60 Å². The zero-order valence-corrected chi connectivity index (χ0v) is 14.6.